The molecule has 1 aliphatic carbocycles. The van der Waals surface area contributed by atoms with Crippen molar-refractivity contribution in [2.24, 2.45) is 17.8 Å². The number of nitrogens with zero attached hydrogens (tertiary/aromatic N) is 2. The second-order valence-corrected chi connectivity index (χ2v) is 10.6. The first kappa shape index (κ1) is 23.0. The number of halogens is 1. The lowest BCUT2D eigenvalue weighted by atomic mass is 9.77. The molecule has 2 saturated heterocycles. The Morgan fingerprint density at radius 1 is 1.00 bits per heavy atom. The third-order valence-corrected chi connectivity index (χ3v) is 8.42. The fourth-order valence-corrected chi connectivity index (χ4v) is 6.22. The number of hydrogen-bond acceptors (Lipinski definition) is 5. The number of fused-ring (bicyclic) bond motifs is 1. The Hall–Kier alpha value is -1.79. The van der Waals surface area contributed by atoms with Crippen molar-refractivity contribution < 1.29 is 18.4 Å². The molecule has 3 fully saturated rings. The van der Waals surface area contributed by atoms with E-state index in [1.54, 1.807) is 6.07 Å². The fourth-order valence-electron chi connectivity index (χ4n) is 6.22. The Morgan fingerprint density at radius 2 is 1.73 bits per heavy atom. The summed E-state index contributed by atoms with van der Waals surface area (Å²) in [5.74, 6) is 2.30. The first-order valence-electron chi connectivity index (χ1n) is 13.0. The number of rotatable bonds is 7. The number of likely N-dealkylation sites (tertiary alicyclic amines) is 1. The van der Waals surface area contributed by atoms with Crippen molar-refractivity contribution in [1.29, 1.82) is 0 Å². The van der Waals surface area contributed by atoms with Crippen LogP contribution in [-0.4, -0.2) is 48.7 Å². The smallest absolute Gasteiger partial charge is 0.170 e. The average Bonchev–Trinajstić information content (AvgIpc) is 3.27. The Balaban J connectivity index is 1.01. The Morgan fingerprint density at radius 3 is 2.48 bits per heavy atom. The summed E-state index contributed by atoms with van der Waals surface area (Å²) in [6, 6.07) is 4.72. The molecule has 33 heavy (non-hydrogen) atoms. The normalized spacial score (nSPS) is 26.1. The standard InChI is InChI=1S/C27H37FN2O3/c28-23-5-6-24-26(18-23)33-29-27(24)22-8-13-30(14-9-22)12-7-19-1-3-20(4-2-19)17-25(31)21-10-15-32-16-11-21/h5-6,18-22H,1-4,7-17H2. The Labute approximate surface area is 196 Å². The number of carbonyl (C=O) groups is 1. The zero-order valence-electron chi connectivity index (χ0n) is 19.6. The summed E-state index contributed by atoms with van der Waals surface area (Å²) in [6.07, 6.45) is 11.1. The van der Waals surface area contributed by atoms with Crippen LogP contribution >= 0.6 is 0 Å². The third kappa shape index (κ3) is 5.65. The average molecular weight is 457 g/mol. The van der Waals surface area contributed by atoms with Gasteiger partial charge in [0, 0.05) is 42.9 Å². The number of carbonyl (C=O) groups excluding carboxylic acids is 1. The van der Waals surface area contributed by atoms with E-state index in [9.17, 15) is 9.18 Å². The van der Waals surface area contributed by atoms with Gasteiger partial charge in [-0.25, -0.2) is 4.39 Å². The van der Waals surface area contributed by atoms with E-state index in [2.05, 4.69) is 10.1 Å². The molecule has 6 heteroatoms. The summed E-state index contributed by atoms with van der Waals surface area (Å²) < 4.78 is 24.2. The molecule has 180 valence electrons. The molecule has 1 aromatic heterocycles. The van der Waals surface area contributed by atoms with Crippen molar-refractivity contribution in [2.75, 3.05) is 32.8 Å². The molecular formula is C27H37FN2O3. The van der Waals surface area contributed by atoms with E-state index in [1.165, 1.54) is 50.8 Å². The van der Waals surface area contributed by atoms with Crippen LogP contribution in [0.25, 0.3) is 11.0 Å². The molecule has 3 heterocycles. The number of ether oxygens (including phenoxy) is 1. The summed E-state index contributed by atoms with van der Waals surface area (Å²) >= 11 is 0. The molecule has 0 atom stereocenters. The van der Waals surface area contributed by atoms with E-state index in [4.69, 9.17) is 9.26 Å². The maximum Gasteiger partial charge on any atom is 0.170 e. The van der Waals surface area contributed by atoms with E-state index >= 15 is 0 Å². The molecule has 5 rings (SSSR count). The van der Waals surface area contributed by atoms with Crippen LogP contribution in [0.5, 0.6) is 0 Å². The highest BCUT2D eigenvalue weighted by Crippen LogP contribution is 2.36. The predicted octanol–water partition coefficient (Wildman–Crippen LogP) is 5.73. The van der Waals surface area contributed by atoms with Gasteiger partial charge in [0.1, 0.15) is 11.6 Å². The summed E-state index contributed by atoms with van der Waals surface area (Å²) in [7, 11) is 0. The van der Waals surface area contributed by atoms with Crippen molar-refractivity contribution >= 4 is 16.8 Å². The van der Waals surface area contributed by atoms with E-state index < -0.39 is 0 Å². The van der Waals surface area contributed by atoms with Crippen LogP contribution in [0.1, 0.15) is 75.8 Å². The zero-order valence-corrected chi connectivity index (χ0v) is 19.6. The number of hydrogen-bond donors (Lipinski definition) is 0. The van der Waals surface area contributed by atoms with Gasteiger partial charge in [0.05, 0.1) is 5.69 Å². The number of aromatic nitrogens is 1. The van der Waals surface area contributed by atoms with Crippen LogP contribution in [0.15, 0.2) is 22.7 Å². The molecule has 0 spiro atoms. The molecule has 3 aliphatic rings. The lowest BCUT2D eigenvalue weighted by Gasteiger charge is -2.34. The van der Waals surface area contributed by atoms with Crippen LogP contribution in [0.2, 0.25) is 0 Å². The van der Waals surface area contributed by atoms with Crippen LogP contribution < -0.4 is 0 Å². The topological polar surface area (TPSA) is 55.6 Å². The van der Waals surface area contributed by atoms with Gasteiger partial charge in [-0.05, 0) is 88.5 Å². The molecule has 0 N–H and O–H groups in total. The Bertz CT molecular complexity index is 923. The predicted molar refractivity (Wildman–Crippen MR) is 126 cm³/mol. The van der Waals surface area contributed by atoms with Crippen molar-refractivity contribution in [3.63, 3.8) is 0 Å². The maximum absolute atomic E-state index is 13.4. The monoisotopic (exact) mass is 456 g/mol. The quantitative estimate of drug-likeness (QED) is 0.533. The van der Waals surface area contributed by atoms with Gasteiger partial charge in [0.15, 0.2) is 5.58 Å². The summed E-state index contributed by atoms with van der Waals surface area (Å²) in [6.45, 7) is 4.88. The van der Waals surface area contributed by atoms with Crippen LogP contribution in [0, 0.1) is 23.6 Å². The molecule has 1 saturated carbocycles. The van der Waals surface area contributed by atoms with Crippen LogP contribution in [-0.2, 0) is 9.53 Å². The Kier molecular flexibility index (Phi) is 7.41. The minimum Gasteiger partial charge on any atom is -0.381 e. The third-order valence-electron chi connectivity index (χ3n) is 8.42. The van der Waals surface area contributed by atoms with Gasteiger partial charge in [0.2, 0.25) is 0 Å². The first-order valence-corrected chi connectivity index (χ1v) is 13.0. The van der Waals surface area contributed by atoms with Gasteiger partial charge in [-0.15, -0.1) is 0 Å². The molecule has 1 aromatic carbocycles. The summed E-state index contributed by atoms with van der Waals surface area (Å²) in [5, 5.41) is 5.23. The highest BCUT2D eigenvalue weighted by atomic mass is 19.1. The summed E-state index contributed by atoms with van der Waals surface area (Å²) in [4.78, 5) is 15.2. The largest absolute Gasteiger partial charge is 0.381 e. The molecule has 2 aromatic rings. The van der Waals surface area contributed by atoms with Crippen molar-refractivity contribution in [3.05, 3.63) is 29.7 Å². The van der Waals surface area contributed by atoms with E-state index in [1.807, 2.05) is 0 Å². The van der Waals surface area contributed by atoms with Crippen molar-refractivity contribution in [2.45, 2.75) is 70.1 Å². The highest BCUT2D eigenvalue weighted by Gasteiger charge is 2.29. The van der Waals surface area contributed by atoms with Gasteiger partial charge in [-0.2, -0.15) is 0 Å². The fraction of sp³-hybridized carbons (Fsp3) is 0.704. The highest BCUT2D eigenvalue weighted by molar-refractivity contribution is 5.81. The minimum atomic E-state index is -0.278. The van der Waals surface area contributed by atoms with E-state index in [-0.39, 0.29) is 11.7 Å². The van der Waals surface area contributed by atoms with E-state index in [0.29, 0.717) is 23.2 Å². The number of ketones is 1. The number of Topliss-reactive ketones (excluding diaryl/α,β-unsaturated/α-hetero) is 1. The van der Waals surface area contributed by atoms with Gasteiger partial charge in [0.25, 0.3) is 0 Å². The minimum absolute atomic E-state index is 0.260. The SMILES string of the molecule is O=C(CC1CCC(CCN2CCC(c3noc4cc(F)ccc34)CC2)CC1)C1CCOCC1. The van der Waals surface area contributed by atoms with Crippen LogP contribution in [0.4, 0.5) is 4.39 Å². The zero-order chi connectivity index (χ0) is 22.6. The lowest BCUT2D eigenvalue weighted by Crippen LogP contribution is -2.35. The molecule has 0 amide bonds. The summed E-state index contributed by atoms with van der Waals surface area (Å²) in [5.41, 5.74) is 1.55. The van der Waals surface area contributed by atoms with Gasteiger partial charge in [-0.1, -0.05) is 18.0 Å². The molecule has 0 radical (unpaired) electrons. The molecule has 0 bridgehead atoms. The van der Waals surface area contributed by atoms with E-state index in [0.717, 1.165) is 75.4 Å². The molecular weight excluding hydrogens is 419 g/mol. The van der Waals surface area contributed by atoms with Crippen LogP contribution in [0.3, 0.4) is 0 Å². The number of benzene rings is 1. The maximum atomic E-state index is 13.4. The molecule has 2 aliphatic heterocycles. The molecule has 0 unspecified atom stereocenters. The number of piperidine rings is 1. The van der Waals surface area contributed by atoms with Gasteiger partial charge in [-0.3, -0.25) is 4.79 Å². The second kappa shape index (κ2) is 10.6. The first-order chi connectivity index (χ1) is 16.2. The second-order valence-electron chi connectivity index (χ2n) is 10.6. The van der Waals surface area contributed by atoms with Crippen molar-refractivity contribution in [3.8, 4) is 0 Å². The van der Waals surface area contributed by atoms with Gasteiger partial charge < -0.3 is 14.2 Å². The molecule has 5 nitrogen and oxygen atoms in total. The van der Waals surface area contributed by atoms with Gasteiger partial charge >= 0.3 is 0 Å². The van der Waals surface area contributed by atoms with Crippen molar-refractivity contribution in [1.82, 2.24) is 10.1 Å². The lowest BCUT2D eigenvalue weighted by molar-refractivity contribution is -0.126.